The zero-order valence-corrected chi connectivity index (χ0v) is 17.1. The maximum absolute atomic E-state index is 9.93. The van der Waals surface area contributed by atoms with Gasteiger partial charge in [-0.05, 0) is 29.3 Å². The number of pyridine rings is 1. The predicted octanol–water partition coefficient (Wildman–Crippen LogP) is 7.23. The highest BCUT2D eigenvalue weighted by Gasteiger charge is 2.16. The highest BCUT2D eigenvalue weighted by molar-refractivity contribution is 7.98. The third-order valence-corrected chi connectivity index (χ3v) is 5.84. The minimum absolute atomic E-state index is 0.606. The Labute approximate surface area is 179 Å². The second-order valence-corrected chi connectivity index (χ2v) is 7.89. The third-order valence-electron chi connectivity index (χ3n) is 4.54. The summed E-state index contributed by atoms with van der Waals surface area (Å²) in [4.78, 5) is 4.85. The molecule has 0 amide bonds. The Morgan fingerprint density at radius 2 is 1.45 bits per heavy atom. The second-order valence-electron chi connectivity index (χ2n) is 6.49. The van der Waals surface area contributed by atoms with Gasteiger partial charge in [0.1, 0.15) is 11.1 Å². The molecule has 0 saturated carbocycles. The molecule has 0 aliphatic carbocycles. The molecule has 140 valence electrons. The number of rotatable bonds is 5. The van der Waals surface area contributed by atoms with Crippen molar-refractivity contribution in [3.8, 4) is 28.5 Å². The second kappa shape index (κ2) is 8.96. The van der Waals surface area contributed by atoms with Gasteiger partial charge in [0.05, 0.1) is 11.3 Å². The normalized spacial score (nSPS) is 10.5. The summed E-state index contributed by atoms with van der Waals surface area (Å²) in [6, 6.07) is 32.2. The van der Waals surface area contributed by atoms with E-state index in [0.29, 0.717) is 16.3 Å². The number of nitriles is 1. The molecular formula is C25H17ClN2S. The van der Waals surface area contributed by atoms with Gasteiger partial charge in [-0.15, -0.1) is 11.8 Å². The van der Waals surface area contributed by atoms with Gasteiger partial charge in [-0.25, -0.2) is 4.98 Å². The van der Waals surface area contributed by atoms with E-state index < -0.39 is 0 Å². The van der Waals surface area contributed by atoms with Crippen LogP contribution >= 0.6 is 23.4 Å². The lowest BCUT2D eigenvalue weighted by molar-refractivity contribution is 1.12. The number of nitrogens with zero attached hydrogens (tertiary/aromatic N) is 2. The van der Waals surface area contributed by atoms with Gasteiger partial charge in [0.15, 0.2) is 0 Å². The molecular weight excluding hydrogens is 396 g/mol. The maximum Gasteiger partial charge on any atom is 0.115 e. The molecule has 0 fully saturated rings. The fraction of sp³-hybridized carbons (Fsp3) is 0.0400. The first-order chi connectivity index (χ1) is 14.2. The summed E-state index contributed by atoms with van der Waals surface area (Å²) in [6.07, 6.45) is 0. The van der Waals surface area contributed by atoms with E-state index in [-0.39, 0.29) is 0 Å². The van der Waals surface area contributed by atoms with Gasteiger partial charge in [0.2, 0.25) is 0 Å². The fourth-order valence-corrected chi connectivity index (χ4v) is 4.15. The first kappa shape index (κ1) is 19.3. The highest BCUT2D eigenvalue weighted by Crippen LogP contribution is 2.35. The number of halogens is 1. The molecule has 4 rings (SSSR count). The minimum atomic E-state index is 0.606. The molecule has 3 aromatic carbocycles. The zero-order valence-electron chi connectivity index (χ0n) is 15.5. The van der Waals surface area contributed by atoms with Gasteiger partial charge in [-0.1, -0.05) is 84.4 Å². The van der Waals surface area contributed by atoms with Crippen molar-refractivity contribution in [1.29, 1.82) is 5.26 Å². The third kappa shape index (κ3) is 4.51. The molecule has 0 bridgehead atoms. The molecule has 0 spiro atoms. The summed E-state index contributed by atoms with van der Waals surface area (Å²) >= 11 is 7.56. The van der Waals surface area contributed by atoms with E-state index in [1.54, 1.807) is 11.8 Å². The highest BCUT2D eigenvalue weighted by atomic mass is 35.5. The van der Waals surface area contributed by atoms with Crippen LogP contribution in [0, 0.1) is 11.3 Å². The van der Waals surface area contributed by atoms with Gasteiger partial charge < -0.3 is 0 Å². The summed E-state index contributed by atoms with van der Waals surface area (Å²) in [5.74, 6) is 0.714. The Morgan fingerprint density at radius 3 is 2.07 bits per heavy atom. The summed E-state index contributed by atoms with van der Waals surface area (Å²) in [5, 5.41) is 11.4. The van der Waals surface area contributed by atoms with E-state index >= 15 is 0 Å². The molecule has 0 aliphatic heterocycles. The van der Waals surface area contributed by atoms with Crippen LogP contribution in [0.2, 0.25) is 5.02 Å². The molecule has 0 radical (unpaired) electrons. The lowest BCUT2D eigenvalue weighted by atomic mass is 9.99. The van der Waals surface area contributed by atoms with E-state index in [0.717, 1.165) is 33.0 Å². The van der Waals surface area contributed by atoms with Crippen LogP contribution in [-0.2, 0) is 5.75 Å². The van der Waals surface area contributed by atoms with E-state index in [9.17, 15) is 5.26 Å². The van der Waals surface area contributed by atoms with Crippen LogP contribution in [-0.4, -0.2) is 4.98 Å². The van der Waals surface area contributed by atoms with Gasteiger partial charge in [-0.2, -0.15) is 5.26 Å². The maximum atomic E-state index is 9.93. The SMILES string of the molecule is N#Cc1c(-c2ccccc2)cc(-c2ccccc2)nc1SCc1ccc(Cl)cc1. The van der Waals surface area contributed by atoms with Crippen LogP contribution in [0.1, 0.15) is 11.1 Å². The smallest absolute Gasteiger partial charge is 0.115 e. The monoisotopic (exact) mass is 412 g/mol. The molecule has 4 aromatic rings. The van der Waals surface area contributed by atoms with Gasteiger partial charge >= 0.3 is 0 Å². The van der Waals surface area contributed by atoms with Crippen molar-refractivity contribution in [2.24, 2.45) is 0 Å². The van der Waals surface area contributed by atoms with Gasteiger partial charge in [-0.3, -0.25) is 0 Å². The average molecular weight is 413 g/mol. The zero-order chi connectivity index (χ0) is 20.1. The lowest BCUT2D eigenvalue weighted by Crippen LogP contribution is -1.96. The van der Waals surface area contributed by atoms with Crippen LogP contribution < -0.4 is 0 Å². The first-order valence-electron chi connectivity index (χ1n) is 9.18. The standard InChI is InChI=1S/C25H17ClN2S/c26-21-13-11-18(12-14-21)17-29-25-23(16-27)22(19-7-3-1-4-8-19)15-24(28-25)20-9-5-2-6-10-20/h1-15H,17H2. The topological polar surface area (TPSA) is 36.7 Å². The summed E-state index contributed by atoms with van der Waals surface area (Å²) in [7, 11) is 0. The van der Waals surface area contributed by atoms with Crippen LogP contribution in [0.5, 0.6) is 0 Å². The Kier molecular flexibility index (Phi) is 5.95. The molecule has 1 aromatic heterocycles. The number of thioether (sulfide) groups is 1. The van der Waals surface area contributed by atoms with Crippen LogP contribution in [0.15, 0.2) is 96.0 Å². The molecule has 4 heteroatoms. The van der Waals surface area contributed by atoms with E-state index in [1.807, 2.05) is 91.0 Å². The number of aromatic nitrogens is 1. The van der Waals surface area contributed by atoms with E-state index in [4.69, 9.17) is 16.6 Å². The van der Waals surface area contributed by atoms with Gasteiger partial charge in [0.25, 0.3) is 0 Å². The van der Waals surface area contributed by atoms with E-state index in [1.165, 1.54) is 0 Å². The van der Waals surface area contributed by atoms with Crippen molar-refractivity contribution in [3.63, 3.8) is 0 Å². The van der Waals surface area contributed by atoms with Crippen molar-refractivity contribution in [3.05, 3.63) is 107 Å². The van der Waals surface area contributed by atoms with Crippen LogP contribution in [0.4, 0.5) is 0 Å². The average Bonchev–Trinajstić information content (AvgIpc) is 2.79. The van der Waals surface area contributed by atoms with Crippen molar-refractivity contribution in [2.75, 3.05) is 0 Å². The van der Waals surface area contributed by atoms with Crippen molar-refractivity contribution in [1.82, 2.24) is 4.98 Å². The molecule has 0 unspecified atom stereocenters. The number of hydrogen-bond acceptors (Lipinski definition) is 3. The fourth-order valence-electron chi connectivity index (χ4n) is 3.07. The number of hydrogen-bond donors (Lipinski definition) is 0. The molecule has 1 heterocycles. The number of benzene rings is 3. The molecule has 0 atom stereocenters. The first-order valence-corrected chi connectivity index (χ1v) is 10.5. The minimum Gasteiger partial charge on any atom is -0.240 e. The van der Waals surface area contributed by atoms with E-state index in [2.05, 4.69) is 6.07 Å². The largest absolute Gasteiger partial charge is 0.240 e. The van der Waals surface area contributed by atoms with Crippen molar-refractivity contribution >= 4 is 23.4 Å². The van der Waals surface area contributed by atoms with Crippen LogP contribution in [0.3, 0.4) is 0 Å². The van der Waals surface area contributed by atoms with Crippen molar-refractivity contribution < 1.29 is 0 Å². The summed E-state index contributed by atoms with van der Waals surface area (Å²) < 4.78 is 0. The lowest BCUT2D eigenvalue weighted by Gasteiger charge is -2.12. The Hall–Kier alpha value is -3.06. The van der Waals surface area contributed by atoms with Crippen LogP contribution in [0.25, 0.3) is 22.4 Å². The molecule has 0 saturated heterocycles. The summed E-state index contributed by atoms with van der Waals surface area (Å²) in [6.45, 7) is 0. The molecule has 29 heavy (non-hydrogen) atoms. The van der Waals surface area contributed by atoms with Gasteiger partial charge in [0, 0.05) is 21.9 Å². The Balaban J connectivity index is 1.80. The molecule has 2 nitrogen and oxygen atoms in total. The Bertz CT molecular complexity index is 1150. The predicted molar refractivity (Wildman–Crippen MR) is 121 cm³/mol. The molecule has 0 N–H and O–H groups in total. The van der Waals surface area contributed by atoms with Crippen molar-refractivity contribution in [2.45, 2.75) is 10.8 Å². The molecule has 0 aliphatic rings. The Morgan fingerprint density at radius 1 is 0.828 bits per heavy atom. The quantitative estimate of drug-likeness (QED) is 0.324. The summed E-state index contributed by atoms with van der Waals surface area (Å²) in [5.41, 5.74) is 5.55.